The number of carbonyl (C=O) groups is 1. The molecule has 1 saturated heterocycles. The summed E-state index contributed by atoms with van der Waals surface area (Å²) >= 11 is 0. The molecule has 0 saturated carbocycles. The minimum Gasteiger partial charge on any atom is -0.460 e. The van der Waals surface area contributed by atoms with Crippen LogP contribution in [0.1, 0.15) is 19.8 Å². The number of likely N-dealkylation sites (tertiary alicyclic amines) is 1. The fourth-order valence-electron chi connectivity index (χ4n) is 1.78. The molecule has 0 atom stereocenters. The number of rotatable bonds is 2. The highest BCUT2D eigenvalue weighted by Crippen LogP contribution is 2.15. The van der Waals surface area contributed by atoms with E-state index in [0.717, 1.165) is 25.9 Å². The first kappa shape index (κ1) is 10.9. The Kier molecular flexibility index (Phi) is 3.34. The van der Waals surface area contributed by atoms with Crippen LogP contribution in [0.15, 0.2) is 18.5 Å². The minimum atomic E-state index is 0.123. The lowest BCUT2D eigenvalue weighted by Crippen LogP contribution is -2.40. The van der Waals surface area contributed by atoms with E-state index in [1.54, 1.807) is 25.4 Å². The molecule has 1 aliphatic heterocycles. The summed E-state index contributed by atoms with van der Waals surface area (Å²) in [4.78, 5) is 21.0. The minimum absolute atomic E-state index is 0.123. The summed E-state index contributed by atoms with van der Waals surface area (Å²) in [6, 6.07) is 2.18. The summed E-state index contributed by atoms with van der Waals surface area (Å²) in [6.07, 6.45) is 5.13. The number of carbonyl (C=O) groups excluding carboxylic acids is 1. The van der Waals surface area contributed by atoms with Gasteiger partial charge in [0.1, 0.15) is 6.10 Å². The van der Waals surface area contributed by atoms with Crippen molar-refractivity contribution in [3.8, 4) is 6.01 Å². The zero-order valence-electron chi connectivity index (χ0n) is 9.30. The molecule has 0 bridgehead atoms. The summed E-state index contributed by atoms with van der Waals surface area (Å²) in [7, 11) is 0. The van der Waals surface area contributed by atoms with Crippen molar-refractivity contribution in [1.29, 1.82) is 0 Å². The first-order valence-corrected chi connectivity index (χ1v) is 5.45. The molecule has 5 heteroatoms. The van der Waals surface area contributed by atoms with Crippen molar-refractivity contribution < 1.29 is 9.53 Å². The number of hydrogen-bond donors (Lipinski definition) is 0. The van der Waals surface area contributed by atoms with Crippen LogP contribution in [-0.4, -0.2) is 40.0 Å². The zero-order valence-corrected chi connectivity index (χ0v) is 9.30. The van der Waals surface area contributed by atoms with Crippen LogP contribution in [0.25, 0.3) is 0 Å². The van der Waals surface area contributed by atoms with Gasteiger partial charge in [-0.2, -0.15) is 0 Å². The van der Waals surface area contributed by atoms with Gasteiger partial charge in [0.25, 0.3) is 0 Å². The second-order valence-corrected chi connectivity index (χ2v) is 3.85. The van der Waals surface area contributed by atoms with Crippen molar-refractivity contribution in [3.63, 3.8) is 0 Å². The Morgan fingerprint density at radius 2 is 2.00 bits per heavy atom. The van der Waals surface area contributed by atoms with Gasteiger partial charge in [-0.25, -0.2) is 9.97 Å². The van der Waals surface area contributed by atoms with Crippen molar-refractivity contribution in [2.45, 2.75) is 25.9 Å². The summed E-state index contributed by atoms with van der Waals surface area (Å²) in [5.41, 5.74) is 0. The van der Waals surface area contributed by atoms with Crippen molar-refractivity contribution in [2.24, 2.45) is 0 Å². The molecular formula is C11H15N3O2. The normalized spacial score (nSPS) is 17.2. The third-order valence-electron chi connectivity index (χ3n) is 2.70. The Hall–Kier alpha value is -1.65. The summed E-state index contributed by atoms with van der Waals surface area (Å²) in [5.74, 6) is 0.134. The molecule has 5 nitrogen and oxygen atoms in total. The predicted molar refractivity (Wildman–Crippen MR) is 57.9 cm³/mol. The molecule has 2 heterocycles. The van der Waals surface area contributed by atoms with Gasteiger partial charge in [0.05, 0.1) is 0 Å². The Morgan fingerprint density at radius 1 is 1.38 bits per heavy atom. The fourth-order valence-corrected chi connectivity index (χ4v) is 1.78. The van der Waals surface area contributed by atoms with Crippen LogP contribution >= 0.6 is 0 Å². The van der Waals surface area contributed by atoms with Crippen LogP contribution in [0.5, 0.6) is 6.01 Å². The van der Waals surface area contributed by atoms with Crippen LogP contribution in [-0.2, 0) is 4.79 Å². The average Bonchev–Trinajstić information content (AvgIpc) is 2.31. The van der Waals surface area contributed by atoms with Crippen molar-refractivity contribution in [1.82, 2.24) is 14.9 Å². The second kappa shape index (κ2) is 4.92. The molecule has 0 aliphatic carbocycles. The average molecular weight is 221 g/mol. The number of hydrogen-bond acceptors (Lipinski definition) is 4. The third-order valence-corrected chi connectivity index (χ3v) is 2.70. The molecule has 0 aromatic carbocycles. The number of piperidine rings is 1. The lowest BCUT2D eigenvalue weighted by Gasteiger charge is -2.30. The Labute approximate surface area is 94.5 Å². The van der Waals surface area contributed by atoms with Gasteiger partial charge >= 0.3 is 6.01 Å². The molecule has 1 aromatic heterocycles. The molecule has 86 valence electrons. The van der Waals surface area contributed by atoms with Crippen LogP contribution in [0.4, 0.5) is 0 Å². The molecule has 2 rings (SSSR count). The molecule has 16 heavy (non-hydrogen) atoms. The highest BCUT2D eigenvalue weighted by molar-refractivity contribution is 5.73. The lowest BCUT2D eigenvalue weighted by atomic mass is 10.1. The first-order valence-electron chi connectivity index (χ1n) is 5.45. The zero-order chi connectivity index (χ0) is 11.4. The quantitative estimate of drug-likeness (QED) is 0.743. The number of ether oxygens (including phenoxy) is 1. The third kappa shape index (κ3) is 2.68. The smallest absolute Gasteiger partial charge is 0.316 e. The van der Waals surface area contributed by atoms with Gasteiger partial charge in [0.2, 0.25) is 5.91 Å². The maximum Gasteiger partial charge on any atom is 0.316 e. The highest BCUT2D eigenvalue weighted by Gasteiger charge is 2.22. The maximum absolute atomic E-state index is 11.1. The van der Waals surface area contributed by atoms with E-state index in [1.807, 2.05) is 4.90 Å². The Morgan fingerprint density at radius 3 is 2.56 bits per heavy atom. The Balaban J connectivity index is 1.84. The van der Waals surface area contributed by atoms with Crippen molar-refractivity contribution in [3.05, 3.63) is 18.5 Å². The standard InChI is InChI=1S/C11H15N3O2/c1-9(15)14-7-3-10(4-8-14)16-11-12-5-2-6-13-11/h2,5-6,10H,3-4,7-8H2,1H3. The molecule has 0 radical (unpaired) electrons. The molecule has 1 aromatic rings. The molecule has 1 fully saturated rings. The van der Waals surface area contributed by atoms with Gasteiger partial charge in [-0.1, -0.05) is 0 Å². The van der Waals surface area contributed by atoms with E-state index in [1.165, 1.54) is 0 Å². The number of amides is 1. The van der Waals surface area contributed by atoms with Crippen LogP contribution in [0.2, 0.25) is 0 Å². The molecule has 1 aliphatic rings. The van der Waals surface area contributed by atoms with Crippen LogP contribution in [0.3, 0.4) is 0 Å². The van der Waals surface area contributed by atoms with E-state index >= 15 is 0 Å². The van der Waals surface area contributed by atoms with Gasteiger partial charge in [-0.05, 0) is 6.07 Å². The van der Waals surface area contributed by atoms with E-state index in [2.05, 4.69) is 9.97 Å². The van der Waals surface area contributed by atoms with Gasteiger partial charge in [0, 0.05) is 45.2 Å². The van der Waals surface area contributed by atoms with E-state index in [9.17, 15) is 4.79 Å². The second-order valence-electron chi connectivity index (χ2n) is 3.85. The molecule has 1 amide bonds. The van der Waals surface area contributed by atoms with Crippen molar-refractivity contribution in [2.75, 3.05) is 13.1 Å². The van der Waals surface area contributed by atoms with Gasteiger partial charge in [-0.3, -0.25) is 4.79 Å². The predicted octanol–water partition coefficient (Wildman–Crippen LogP) is 0.866. The largest absolute Gasteiger partial charge is 0.460 e. The van der Waals surface area contributed by atoms with Crippen molar-refractivity contribution >= 4 is 5.91 Å². The molecule has 0 spiro atoms. The van der Waals surface area contributed by atoms with E-state index in [4.69, 9.17) is 4.74 Å². The number of nitrogens with zero attached hydrogens (tertiary/aromatic N) is 3. The van der Waals surface area contributed by atoms with Crippen LogP contribution in [0, 0.1) is 0 Å². The van der Waals surface area contributed by atoms with Gasteiger partial charge < -0.3 is 9.64 Å². The SMILES string of the molecule is CC(=O)N1CCC(Oc2ncccn2)CC1. The van der Waals surface area contributed by atoms with E-state index in [0.29, 0.717) is 6.01 Å². The van der Waals surface area contributed by atoms with Gasteiger partial charge in [0.15, 0.2) is 0 Å². The monoisotopic (exact) mass is 221 g/mol. The van der Waals surface area contributed by atoms with Gasteiger partial charge in [-0.15, -0.1) is 0 Å². The number of aromatic nitrogens is 2. The maximum atomic E-state index is 11.1. The summed E-state index contributed by atoms with van der Waals surface area (Å²) in [6.45, 7) is 3.11. The van der Waals surface area contributed by atoms with Crippen LogP contribution < -0.4 is 4.74 Å². The summed E-state index contributed by atoms with van der Waals surface area (Å²) in [5, 5.41) is 0. The fraction of sp³-hybridized carbons (Fsp3) is 0.545. The molecule has 0 unspecified atom stereocenters. The van der Waals surface area contributed by atoms with E-state index in [-0.39, 0.29) is 12.0 Å². The molecular weight excluding hydrogens is 206 g/mol. The topological polar surface area (TPSA) is 55.3 Å². The summed E-state index contributed by atoms with van der Waals surface area (Å²) < 4.78 is 5.62. The molecule has 0 N–H and O–H groups in total. The highest BCUT2D eigenvalue weighted by atomic mass is 16.5. The van der Waals surface area contributed by atoms with E-state index < -0.39 is 0 Å². The Bertz CT molecular complexity index is 348. The first-order chi connectivity index (χ1) is 7.75. The lowest BCUT2D eigenvalue weighted by molar-refractivity contribution is -0.130.